The summed E-state index contributed by atoms with van der Waals surface area (Å²) in [4.78, 5) is 35.6. The van der Waals surface area contributed by atoms with Gasteiger partial charge in [-0.15, -0.1) is 0 Å². The van der Waals surface area contributed by atoms with Crippen LogP contribution in [0.15, 0.2) is 42.5 Å². The van der Waals surface area contributed by atoms with E-state index in [-0.39, 0.29) is 6.61 Å². The lowest BCUT2D eigenvalue weighted by atomic mass is 9.92. The molecule has 1 aliphatic rings. The van der Waals surface area contributed by atoms with E-state index in [0.29, 0.717) is 27.0 Å². The summed E-state index contributed by atoms with van der Waals surface area (Å²) < 4.78 is 5.38. The number of hydrogen-bond acceptors (Lipinski definition) is 4. The molecule has 3 rings (SSSR count). The molecule has 1 unspecified atom stereocenters. The third-order valence-corrected chi connectivity index (χ3v) is 4.57. The quantitative estimate of drug-likeness (QED) is 0.663. The molecule has 4 amide bonds. The van der Waals surface area contributed by atoms with E-state index in [0.717, 1.165) is 0 Å². The van der Waals surface area contributed by atoms with Crippen LogP contribution in [0.3, 0.4) is 0 Å². The van der Waals surface area contributed by atoms with Gasteiger partial charge in [0.15, 0.2) is 6.61 Å². The van der Waals surface area contributed by atoms with Crippen LogP contribution >= 0.6 is 23.2 Å². The van der Waals surface area contributed by atoms with Crippen molar-refractivity contribution in [1.82, 2.24) is 10.6 Å². The van der Waals surface area contributed by atoms with Crippen molar-refractivity contribution >= 4 is 46.7 Å². The summed E-state index contributed by atoms with van der Waals surface area (Å²) in [5, 5.41) is 8.21. The van der Waals surface area contributed by atoms with Gasteiger partial charge >= 0.3 is 6.03 Å². The van der Waals surface area contributed by atoms with Crippen LogP contribution in [0.2, 0.25) is 10.0 Å². The highest BCUT2D eigenvalue weighted by atomic mass is 35.5. The van der Waals surface area contributed by atoms with Gasteiger partial charge in [0, 0.05) is 16.8 Å². The molecule has 7 nitrogen and oxygen atoms in total. The molecule has 0 bridgehead atoms. The van der Waals surface area contributed by atoms with Crippen LogP contribution in [0, 0.1) is 0 Å². The molecule has 1 saturated heterocycles. The van der Waals surface area contributed by atoms with E-state index in [1.54, 1.807) is 43.3 Å². The Morgan fingerprint density at radius 3 is 2.67 bits per heavy atom. The zero-order valence-corrected chi connectivity index (χ0v) is 15.6. The van der Waals surface area contributed by atoms with Crippen LogP contribution in [0.25, 0.3) is 0 Å². The number of carbonyl (C=O) groups is 3. The van der Waals surface area contributed by atoms with Crippen molar-refractivity contribution in [2.45, 2.75) is 12.5 Å². The van der Waals surface area contributed by atoms with Gasteiger partial charge in [0.1, 0.15) is 11.3 Å². The first-order valence-corrected chi connectivity index (χ1v) is 8.65. The largest absolute Gasteiger partial charge is 0.482 e. The molecular formula is C18H15Cl2N3O4. The molecule has 2 aromatic rings. The summed E-state index contributed by atoms with van der Waals surface area (Å²) in [5.74, 6) is -0.589. The zero-order valence-electron chi connectivity index (χ0n) is 14.1. The van der Waals surface area contributed by atoms with Crippen LogP contribution in [-0.4, -0.2) is 24.5 Å². The van der Waals surface area contributed by atoms with E-state index in [9.17, 15) is 14.4 Å². The molecule has 2 aromatic carbocycles. The Bertz CT molecular complexity index is 935. The number of halogens is 2. The van der Waals surface area contributed by atoms with Gasteiger partial charge in [0.2, 0.25) is 0 Å². The Balaban J connectivity index is 1.67. The van der Waals surface area contributed by atoms with Crippen molar-refractivity contribution in [2.24, 2.45) is 0 Å². The second-order valence-electron chi connectivity index (χ2n) is 6.03. The maximum Gasteiger partial charge on any atom is 0.322 e. The monoisotopic (exact) mass is 407 g/mol. The molecule has 1 fully saturated rings. The molecule has 0 saturated carbocycles. The van der Waals surface area contributed by atoms with E-state index < -0.39 is 23.4 Å². The summed E-state index contributed by atoms with van der Waals surface area (Å²) >= 11 is 11.9. The van der Waals surface area contributed by atoms with Crippen molar-refractivity contribution in [1.29, 1.82) is 0 Å². The molecule has 1 aliphatic heterocycles. The fourth-order valence-electron chi connectivity index (χ4n) is 2.58. The topological polar surface area (TPSA) is 96.5 Å². The van der Waals surface area contributed by atoms with Crippen LogP contribution in [-0.2, 0) is 15.1 Å². The fraction of sp³-hybridized carbons (Fsp3) is 0.167. The van der Waals surface area contributed by atoms with Gasteiger partial charge in [-0.05, 0) is 36.8 Å². The van der Waals surface area contributed by atoms with Crippen molar-refractivity contribution in [2.75, 3.05) is 11.9 Å². The predicted octanol–water partition coefficient (Wildman–Crippen LogP) is 3.07. The third-order valence-electron chi connectivity index (χ3n) is 4.02. The average molecular weight is 408 g/mol. The van der Waals surface area contributed by atoms with E-state index in [1.807, 2.05) is 0 Å². The first-order valence-electron chi connectivity index (χ1n) is 7.90. The number of benzene rings is 2. The third kappa shape index (κ3) is 4.15. The smallest absolute Gasteiger partial charge is 0.322 e. The van der Waals surface area contributed by atoms with Gasteiger partial charge in [-0.25, -0.2) is 4.79 Å². The molecule has 0 radical (unpaired) electrons. The van der Waals surface area contributed by atoms with Crippen LogP contribution in [0.1, 0.15) is 12.5 Å². The van der Waals surface area contributed by atoms with Crippen LogP contribution < -0.4 is 20.7 Å². The van der Waals surface area contributed by atoms with Crippen molar-refractivity contribution in [3.05, 3.63) is 58.1 Å². The summed E-state index contributed by atoms with van der Waals surface area (Å²) in [6, 6.07) is 10.7. The van der Waals surface area contributed by atoms with E-state index >= 15 is 0 Å². The summed E-state index contributed by atoms with van der Waals surface area (Å²) in [5.41, 5.74) is -0.223. The number of hydrogen-bond donors (Lipinski definition) is 3. The molecule has 0 spiro atoms. The highest BCUT2D eigenvalue weighted by Crippen LogP contribution is 2.28. The number of nitrogens with one attached hydrogen (secondary N) is 3. The highest BCUT2D eigenvalue weighted by molar-refractivity contribution is 6.34. The minimum absolute atomic E-state index is 0.279. The lowest BCUT2D eigenvalue weighted by Crippen LogP contribution is -2.40. The highest BCUT2D eigenvalue weighted by Gasteiger charge is 2.43. The minimum Gasteiger partial charge on any atom is -0.482 e. The number of imide groups is 1. The molecule has 1 atom stereocenters. The minimum atomic E-state index is -1.21. The van der Waals surface area contributed by atoms with Gasteiger partial charge in [0.05, 0.1) is 5.02 Å². The number of rotatable bonds is 5. The van der Waals surface area contributed by atoms with Crippen LogP contribution in [0.4, 0.5) is 10.5 Å². The number of anilines is 1. The maximum absolute atomic E-state index is 12.1. The Morgan fingerprint density at radius 1 is 1.19 bits per heavy atom. The Morgan fingerprint density at radius 2 is 1.96 bits per heavy atom. The van der Waals surface area contributed by atoms with E-state index in [1.165, 1.54) is 6.07 Å². The molecular weight excluding hydrogens is 393 g/mol. The SMILES string of the molecule is CC1(c2cccc(NC(=O)COc3cc(Cl)ccc3Cl)c2)NC(=O)NC1=O. The summed E-state index contributed by atoms with van der Waals surface area (Å²) in [6.45, 7) is 1.30. The van der Waals surface area contributed by atoms with Crippen molar-refractivity contribution in [3.8, 4) is 5.75 Å². The molecule has 3 N–H and O–H groups in total. The van der Waals surface area contributed by atoms with E-state index in [4.69, 9.17) is 27.9 Å². The number of ether oxygens (including phenoxy) is 1. The van der Waals surface area contributed by atoms with Crippen molar-refractivity contribution in [3.63, 3.8) is 0 Å². The maximum atomic E-state index is 12.1. The molecule has 0 aliphatic carbocycles. The summed E-state index contributed by atoms with van der Waals surface area (Å²) in [7, 11) is 0. The first kappa shape index (κ1) is 19.0. The molecule has 0 aromatic heterocycles. The number of carbonyl (C=O) groups excluding carboxylic acids is 3. The van der Waals surface area contributed by atoms with Crippen molar-refractivity contribution < 1.29 is 19.1 Å². The van der Waals surface area contributed by atoms with Gasteiger partial charge in [-0.3, -0.25) is 14.9 Å². The van der Waals surface area contributed by atoms with Gasteiger partial charge in [0.25, 0.3) is 11.8 Å². The van der Waals surface area contributed by atoms with E-state index in [2.05, 4.69) is 16.0 Å². The zero-order chi connectivity index (χ0) is 19.6. The molecule has 140 valence electrons. The van der Waals surface area contributed by atoms with Gasteiger partial charge in [-0.1, -0.05) is 35.3 Å². The predicted molar refractivity (Wildman–Crippen MR) is 101 cm³/mol. The molecule has 1 heterocycles. The Kier molecular flexibility index (Phi) is 5.25. The molecule has 27 heavy (non-hydrogen) atoms. The summed E-state index contributed by atoms with van der Waals surface area (Å²) in [6.07, 6.45) is 0. The standard InChI is InChI=1S/C18H15Cl2N3O4/c1-18(16(25)22-17(26)23-18)10-3-2-4-12(7-10)21-15(24)9-27-14-8-11(19)5-6-13(14)20/h2-8H,9H2,1H3,(H,21,24)(H2,22,23,25,26). The normalized spacial score (nSPS) is 18.6. The lowest BCUT2D eigenvalue weighted by Gasteiger charge is -2.21. The van der Waals surface area contributed by atoms with Gasteiger partial charge in [-0.2, -0.15) is 0 Å². The van der Waals surface area contributed by atoms with Gasteiger partial charge < -0.3 is 15.4 Å². The lowest BCUT2D eigenvalue weighted by molar-refractivity contribution is -0.123. The second-order valence-corrected chi connectivity index (χ2v) is 6.87. The average Bonchev–Trinajstić information content (AvgIpc) is 2.89. The second kappa shape index (κ2) is 7.46. The fourth-order valence-corrected chi connectivity index (χ4v) is 2.92. The Labute approximate surface area is 165 Å². The Hall–Kier alpha value is -2.77. The number of urea groups is 1. The van der Waals surface area contributed by atoms with Crippen LogP contribution in [0.5, 0.6) is 5.75 Å². The first-order chi connectivity index (χ1) is 12.8. The molecule has 9 heteroatoms. The number of amides is 4.